The average Bonchev–Trinajstić information content (AvgIpc) is 3.18. The second-order valence-corrected chi connectivity index (χ2v) is 12.9. The highest BCUT2D eigenvalue weighted by atomic mass is 16.4. The molecular formula is C40H75N3O12. The highest BCUT2D eigenvalue weighted by Crippen LogP contribution is 2.14. The average molecular weight is 790 g/mol. The molecule has 0 aliphatic rings. The van der Waals surface area contributed by atoms with Gasteiger partial charge in [0.25, 0.3) is 0 Å². The number of unbranched alkanes of at least 4 members (excludes halogenated alkanes) is 15. The lowest BCUT2D eigenvalue weighted by molar-refractivity contribution is -0.142. The summed E-state index contributed by atoms with van der Waals surface area (Å²) in [5.74, 6) is -3.68. The van der Waals surface area contributed by atoms with Crippen LogP contribution in [0.5, 0.6) is 0 Å². The van der Waals surface area contributed by atoms with Gasteiger partial charge in [0, 0.05) is 46.3 Å². The summed E-state index contributed by atoms with van der Waals surface area (Å²) in [4.78, 5) is 92.5. The minimum absolute atomic E-state index is 0.00123. The quantitative estimate of drug-likeness (QED) is 0.0328. The molecule has 0 saturated heterocycles. The van der Waals surface area contributed by atoms with E-state index in [0.29, 0.717) is 19.0 Å². The molecule has 15 heteroatoms. The number of hydrogen-bond acceptors (Lipinski definition) is 10. The summed E-state index contributed by atoms with van der Waals surface area (Å²) >= 11 is 0. The number of aliphatic hydroxyl groups excluding tert-OH is 2. The first-order valence-electron chi connectivity index (χ1n) is 20.1. The van der Waals surface area contributed by atoms with E-state index in [-0.39, 0.29) is 63.1 Å². The number of carbonyl (C=O) groups excluding carboxylic acids is 6. The lowest BCUT2D eigenvalue weighted by Gasteiger charge is -2.17. The molecule has 0 rings (SSSR count). The maximum atomic E-state index is 12.3. The van der Waals surface area contributed by atoms with Crippen molar-refractivity contribution in [3.8, 4) is 0 Å². The Morgan fingerprint density at radius 1 is 0.455 bits per heavy atom. The number of carboxylic acids is 2. The Balaban J connectivity index is -0.00000205. The number of Topliss-reactive ketones (excluding diaryl/α,β-unsaturated/α-hetero) is 1. The molecule has 7 N–H and O–H groups in total. The Hall–Kier alpha value is -3.72. The first kappa shape index (κ1) is 58.0. The van der Waals surface area contributed by atoms with Gasteiger partial charge in [0.05, 0.1) is 12.1 Å². The Morgan fingerprint density at radius 3 is 1.11 bits per heavy atom. The van der Waals surface area contributed by atoms with Crippen molar-refractivity contribution >= 4 is 48.0 Å². The van der Waals surface area contributed by atoms with Gasteiger partial charge in [-0.25, -0.2) is 4.79 Å². The molecule has 0 aromatic heterocycles. The van der Waals surface area contributed by atoms with E-state index in [2.05, 4.69) is 16.0 Å². The number of hydrogen-bond donors (Lipinski definition) is 7. The molecule has 15 nitrogen and oxygen atoms in total. The zero-order valence-corrected chi connectivity index (χ0v) is 34.4. The van der Waals surface area contributed by atoms with E-state index in [9.17, 15) is 43.5 Å². The van der Waals surface area contributed by atoms with Gasteiger partial charge in [-0.15, -0.1) is 0 Å². The summed E-state index contributed by atoms with van der Waals surface area (Å²) in [6.07, 6.45) is 19.0. The van der Waals surface area contributed by atoms with Crippen LogP contribution in [0.15, 0.2) is 0 Å². The smallest absolute Gasteiger partial charge is 0.326 e. The standard InChI is InChI=1S/C36H61N3O10.C2H6.2CH4O/c1-28(42)20-21-29(26-40)38-33(44)25-23-31(36(48)49)39-34(45)24-22-30(27-41)37-32(43)18-16-14-12-10-8-6-4-2-3-5-7-9-11-13-15-17-19-35(46)47;3*1-2/h26-27,29-31H,2-25H2,1H3,(H,37,43)(H,38,44)(H,39,45)(H,46,47)(H,48,49);1-2H3;2*2H,1H3/t29?,30?,31-;;;/m0.../s1. The summed E-state index contributed by atoms with van der Waals surface area (Å²) in [7, 11) is 2.00. The Morgan fingerprint density at radius 2 is 0.764 bits per heavy atom. The van der Waals surface area contributed by atoms with Crippen LogP contribution in [-0.4, -0.2) is 101 Å². The van der Waals surface area contributed by atoms with Crippen LogP contribution in [0.3, 0.4) is 0 Å². The van der Waals surface area contributed by atoms with Crippen LogP contribution < -0.4 is 16.0 Å². The van der Waals surface area contributed by atoms with Crippen LogP contribution in [0.25, 0.3) is 0 Å². The number of amides is 3. The van der Waals surface area contributed by atoms with Crippen LogP contribution in [-0.2, 0) is 38.4 Å². The fraction of sp³-hybridized carbons (Fsp3) is 0.800. The molecule has 0 saturated carbocycles. The van der Waals surface area contributed by atoms with E-state index in [1.54, 1.807) is 0 Å². The molecule has 322 valence electrons. The molecule has 0 radical (unpaired) electrons. The van der Waals surface area contributed by atoms with Gasteiger partial charge in [-0.3, -0.25) is 19.2 Å². The van der Waals surface area contributed by atoms with Gasteiger partial charge in [-0.1, -0.05) is 104 Å². The third-order valence-electron chi connectivity index (χ3n) is 8.35. The van der Waals surface area contributed by atoms with E-state index < -0.39 is 41.9 Å². The van der Waals surface area contributed by atoms with E-state index in [0.717, 1.165) is 52.7 Å². The molecule has 0 aliphatic carbocycles. The molecule has 0 aromatic carbocycles. The first-order chi connectivity index (χ1) is 26.5. The lowest BCUT2D eigenvalue weighted by Crippen LogP contribution is -2.43. The van der Waals surface area contributed by atoms with E-state index >= 15 is 0 Å². The molecule has 0 fully saturated rings. The number of ketones is 1. The number of rotatable bonds is 34. The number of aliphatic carboxylic acids is 2. The van der Waals surface area contributed by atoms with E-state index in [4.69, 9.17) is 15.3 Å². The van der Waals surface area contributed by atoms with Gasteiger partial charge in [-0.2, -0.15) is 0 Å². The molecule has 0 aromatic rings. The second kappa shape index (κ2) is 44.7. The minimum atomic E-state index is -1.36. The van der Waals surface area contributed by atoms with Crippen molar-refractivity contribution < 1.29 is 58.8 Å². The van der Waals surface area contributed by atoms with Gasteiger partial charge >= 0.3 is 11.9 Å². The van der Waals surface area contributed by atoms with Crippen LogP contribution in [0.2, 0.25) is 0 Å². The fourth-order valence-corrected chi connectivity index (χ4v) is 5.39. The number of carboxylic acid groups (broad SMARTS) is 2. The van der Waals surface area contributed by atoms with Crippen molar-refractivity contribution in [3.63, 3.8) is 0 Å². The van der Waals surface area contributed by atoms with Crippen molar-refractivity contribution in [1.29, 1.82) is 0 Å². The summed E-state index contributed by atoms with van der Waals surface area (Å²) in [6, 6.07) is -3.10. The predicted molar refractivity (Wildman–Crippen MR) is 212 cm³/mol. The summed E-state index contributed by atoms with van der Waals surface area (Å²) in [5, 5.41) is 39.4. The molecule has 0 spiro atoms. The molecular weight excluding hydrogens is 714 g/mol. The molecule has 3 atom stereocenters. The number of carbonyl (C=O) groups is 8. The maximum absolute atomic E-state index is 12.3. The monoisotopic (exact) mass is 790 g/mol. The summed E-state index contributed by atoms with van der Waals surface area (Å²) in [5.41, 5.74) is 0. The molecule has 0 aliphatic heterocycles. The van der Waals surface area contributed by atoms with Crippen LogP contribution in [0.1, 0.15) is 175 Å². The van der Waals surface area contributed by atoms with Gasteiger partial charge in [0.1, 0.15) is 24.4 Å². The van der Waals surface area contributed by atoms with Gasteiger partial charge in [0.2, 0.25) is 17.7 Å². The van der Waals surface area contributed by atoms with Crippen LogP contribution in [0.4, 0.5) is 0 Å². The summed E-state index contributed by atoms with van der Waals surface area (Å²) < 4.78 is 0. The largest absolute Gasteiger partial charge is 0.481 e. The molecule has 3 amide bonds. The third kappa shape index (κ3) is 42.9. The van der Waals surface area contributed by atoms with Gasteiger partial charge in [0.15, 0.2) is 0 Å². The number of aliphatic hydroxyl groups is 2. The zero-order valence-electron chi connectivity index (χ0n) is 34.4. The topological polar surface area (TPSA) is 254 Å². The fourth-order valence-electron chi connectivity index (χ4n) is 5.39. The highest BCUT2D eigenvalue weighted by molar-refractivity contribution is 5.85. The Kier molecular flexibility index (Phi) is 47.1. The number of aldehydes is 2. The van der Waals surface area contributed by atoms with E-state index in [1.807, 2.05) is 13.8 Å². The minimum Gasteiger partial charge on any atom is -0.481 e. The Labute approximate surface area is 329 Å². The third-order valence-corrected chi connectivity index (χ3v) is 8.35. The molecule has 0 heterocycles. The predicted octanol–water partition coefficient (Wildman–Crippen LogP) is 5.20. The van der Waals surface area contributed by atoms with Gasteiger partial charge in [-0.05, 0) is 39.0 Å². The Bertz CT molecular complexity index is 1010. The van der Waals surface area contributed by atoms with E-state index in [1.165, 1.54) is 64.7 Å². The number of nitrogens with one attached hydrogen (secondary N) is 3. The maximum Gasteiger partial charge on any atom is 0.326 e. The normalized spacial score (nSPS) is 11.6. The SMILES string of the molecule is CC.CC(=O)CCC(C=O)NC(=O)CC[C@H](NC(=O)CCC(C=O)NC(=O)CCCCCCCCCCCCCCCCCCC(=O)O)C(=O)O.CO.CO. The van der Waals surface area contributed by atoms with Crippen molar-refractivity contribution in [3.05, 3.63) is 0 Å². The lowest BCUT2D eigenvalue weighted by atomic mass is 10.0. The van der Waals surface area contributed by atoms with Crippen molar-refractivity contribution in [2.24, 2.45) is 0 Å². The van der Waals surface area contributed by atoms with Crippen LogP contribution in [0, 0.1) is 0 Å². The highest BCUT2D eigenvalue weighted by Gasteiger charge is 2.23. The first-order valence-corrected chi connectivity index (χ1v) is 20.1. The van der Waals surface area contributed by atoms with Crippen LogP contribution >= 0.6 is 0 Å². The zero-order chi connectivity index (χ0) is 42.7. The molecule has 2 unspecified atom stereocenters. The van der Waals surface area contributed by atoms with Crippen molar-refractivity contribution in [1.82, 2.24) is 16.0 Å². The van der Waals surface area contributed by atoms with Gasteiger partial charge < -0.3 is 50.8 Å². The van der Waals surface area contributed by atoms with Crippen molar-refractivity contribution in [2.75, 3.05) is 14.2 Å². The second-order valence-electron chi connectivity index (χ2n) is 12.9. The molecule has 0 bridgehead atoms. The van der Waals surface area contributed by atoms with Crippen molar-refractivity contribution in [2.45, 2.75) is 193 Å². The summed E-state index contributed by atoms with van der Waals surface area (Å²) in [6.45, 7) is 5.37. The molecule has 55 heavy (non-hydrogen) atoms.